The summed E-state index contributed by atoms with van der Waals surface area (Å²) in [5, 5.41) is 3.63. The van der Waals surface area contributed by atoms with Gasteiger partial charge in [-0.3, -0.25) is 4.98 Å². The number of hydrogen-bond acceptors (Lipinski definition) is 2. The molecule has 0 bridgehead atoms. The maximum absolute atomic E-state index is 13.2. The molecule has 0 aliphatic heterocycles. The minimum absolute atomic E-state index is 0.109. The zero-order chi connectivity index (χ0) is 14.4. The Balaban J connectivity index is 2.17. The molecule has 1 aromatic heterocycles. The summed E-state index contributed by atoms with van der Waals surface area (Å²) in [4.78, 5) is 4.40. The number of aromatic nitrogens is 1. The molecule has 0 fully saturated rings. The molecular weight excluding hydrogens is 275 g/mol. The fraction of sp³-hybridized carbons (Fsp3) is 0.312. The van der Waals surface area contributed by atoms with E-state index in [1.165, 1.54) is 6.07 Å². The number of halogens is 2. The van der Waals surface area contributed by atoms with Crippen LogP contribution in [-0.4, -0.2) is 11.5 Å². The van der Waals surface area contributed by atoms with Crippen molar-refractivity contribution in [3.05, 3.63) is 64.7 Å². The van der Waals surface area contributed by atoms with Crippen molar-refractivity contribution in [2.75, 3.05) is 6.54 Å². The lowest BCUT2D eigenvalue weighted by Gasteiger charge is -2.18. The highest BCUT2D eigenvalue weighted by atomic mass is 35.5. The van der Waals surface area contributed by atoms with Gasteiger partial charge in [0, 0.05) is 6.20 Å². The molecule has 0 aliphatic carbocycles. The highest BCUT2D eigenvalue weighted by Crippen LogP contribution is 2.21. The first-order valence-corrected chi connectivity index (χ1v) is 7.16. The lowest BCUT2D eigenvalue weighted by molar-refractivity contribution is 0.517. The van der Waals surface area contributed by atoms with Gasteiger partial charge in [-0.05, 0) is 49.2 Å². The van der Waals surface area contributed by atoms with Crippen LogP contribution in [0.15, 0.2) is 42.6 Å². The monoisotopic (exact) mass is 292 g/mol. The van der Waals surface area contributed by atoms with Gasteiger partial charge in [-0.25, -0.2) is 4.39 Å². The van der Waals surface area contributed by atoms with Crippen LogP contribution in [0.4, 0.5) is 4.39 Å². The van der Waals surface area contributed by atoms with Gasteiger partial charge in [-0.1, -0.05) is 30.7 Å². The van der Waals surface area contributed by atoms with Crippen LogP contribution in [0.2, 0.25) is 5.02 Å². The molecule has 106 valence electrons. The summed E-state index contributed by atoms with van der Waals surface area (Å²) in [6.07, 6.45) is 3.57. The summed E-state index contributed by atoms with van der Waals surface area (Å²) in [5.41, 5.74) is 1.98. The van der Waals surface area contributed by atoms with Crippen molar-refractivity contribution in [1.29, 1.82) is 0 Å². The predicted octanol–water partition coefficient (Wildman–Crippen LogP) is 4.16. The van der Waals surface area contributed by atoms with E-state index in [1.807, 2.05) is 18.2 Å². The van der Waals surface area contributed by atoms with Crippen molar-refractivity contribution in [1.82, 2.24) is 10.3 Å². The summed E-state index contributed by atoms with van der Waals surface area (Å²) >= 11 is 5.84. The second-order valence-electron chi connectivity index (χ2n) is 4.71. The van der Waals surface area contributed by atoms with Gasteiger partial charge in [-0.15, -0.1) is 0 Å². The SMILES string of the molecule is CCCNC(Cc1ccc(F)c(Cl)c1)c1ccccn1. The number of pyridine rings is 1. The molecule has 0 radical (unpaired) electrons. The molecule has 1 heterocycles. The summed E-state index contributed by atoms with van der Waals surface area (Å²) < 4.78 is 13.2. The fourth-order valence-corrected chi connectivity index (χ4v) is 2.29. The largest absolute Gasteiger partial charge is 0.308 e. The van der Waals surface area contributed by atoms with Gasteiger partial charge in [0.05, 0.1) is 16.8 Å². The molecule has 1 N–H and O–H groups in total. The third-order valence-electron chi connectivity index (χ3n) is 3.11. The molecule has 2 aromatic rings. The van der Waals surface area contributed by atoms with E-state index in [0.29, 0.717) is 0 Å². The zero-order valence-electron chi connectivity index (χ0n) is 11.4. The Morgan fingerprint density at radius 1 is 1.30 bits per heavy atom. The van der Waals surface area contributed by atoms with Crippen molar-refractivity contribution >= 4 is 11.6 Å². The standard InChI is InChI=1S/C16H18ClFN2/c1-2-8-19-16(15-5-3-4-9-20-15)11-12-6-7-14(18)13(17)10-12/h3-7,9-10,16,19H,2,8,11H2,1H3. The van der Waals surface area contributed by atoms with E-state index in [1.54, 1.807) is 18.3 Å². The first-order valence-electron chi connectivity index (χ1n) is 6.79. The van der Waals surface area contributed by atoms with E-state index >= 15 is 0 Å². The molecule has 20 heavy (non-hydrogen) atoms. The molecule has 0 spiro atoms. The molecule has 1 atom stereocenters. The van der Waals surface area contributed by atoms with Gasteiger partial charge in [0.2, 0.25) is 0 Å². The molecule has 2 nitrogen and oxygen atoms in total. The van der Waals surface area contributed by atoms with Crippen LogP contribution in [0.3, 0.4) is 0 Å². The lowest BCUT2D eigenvalue weighted by Crippen LogP contribution is -2.24. The minimum atomic E-state index is -0.383. The zero-order valence-corrected chi connectivity index (χ0v) is 12.2. The maximum Gasteiger partial charge on any atom is 0.141 e. The first kappa shape index (κ1) is 14.9. The molecule has 0 amide bonds. The molecule has 1 unspecified atom stereocenters. The van der Waals surface area contributed by atoms with Crippen LogP contribution in [0.1, 0.15) is 30.6 Å². The lowest BCUT2D eigenvalue weighted by atomic mass is 10.0. The van der Waals surface area contributed by atoms with Gasteiger partial charge < -0.3 is 5.32 Å². The summed E-state index contributed by atoms with van der Waals surface area (Å²) in [6, 6.07) is 10.8. The van der Waals surface area contributed by atoms with Crippen LogP contribution < -0.4 is 5.32 Å². The first-order chi connectivity index (χ1) is 9.70. The van der Waals surface area contributed by atoms with Crippen LogP contribution in [0.5, 0.6) is 0 Å². The Hall–Kier alpha value is -1.45. The van der Waals surface area contributed by atoms with Crippen LogP contribution in [0, 0.1) is 5.82 Å². The number of nitrogens with one attached hydrogen (secondary N) is 1. The Labute approximate surface area is 124 Å². The van der Waals surface area contributed by atoms with Crippen molar-refractivity contribution in [3.63, 3.8) is 0 Å². The number of hydrogen-bond donors (Lipinski definition) is 1. The molecular formula is C16H18ClFN2. The molecule has 0 saturated heterocycles. The Morgan fingerprint density at radius 3 is 2.80 bits per heavy atom. The molecule has 4 heteroatoms. The third-order valence-corrected chi connectivity index (χ3v) is 3.40. The quantitative estimate of drug-likeness (QED) is 0.865. The summed E-state index contributed by atoms with van der Waals surface area (Å²) in [5.74, 6) is -0.383. The predicted molar refractivity (Wildman–Crippen MR) is 80.4 cm³/mol. The van der Waals surface area contributed by atoms with Crippen molar-refractivity contribution in [2.24, 2.45) is 0 Å². The van der Waals surface area contributed by atoms with Gasteiger partial charge in [0.25, 0.3) is 0 Å². The third kappa shape index (κ3) is 4.02. The van der Waals surface area contributed by atoms with Gasteiger partial charge in [0.1, 0.15) is 5.82 Å². The van der Waals surface area contributed by atoms with E-state index in [9.17, 15) is 4.39 Å². The average molecular weight is 293 g/mol. The van der Waals surface area contributed by atoms with Crippen LogP contribution in [-0.2, 0) is 6.42 Å². The molecule has 1 aromatic carbocycles. The average Bonchev–Trinajstić information content (AvgIpc) is 2.48. The van der Waals surface area contributed by atoms with E-state index in [2.05, 4.69) is 17.2 Å². The molecule has 0 aliphatic rings. The Bertz CT molecular complexity index is 545. The van der Waals surface area contributed by atoms with E-state index in [4.69, 9.17) is 11.6 Å². The highest BCUT2D eigenvalue weighted by molar-refractivity contribution is 6.30. The topological polar surface area (TPSA) is 24.9 Å². The summed E-state index contributed by atoms with van der Waals surface area (Å²) in [6.45, 7) is 3.04. The van der Waals surface area contributed by atoms with Crippen LogP contribution >= 0.6 is 11.6 Å². The molecule has 0 saturated carbocycles. The van der Waals surface area contributed by atoms with Gasteiger partial charge in [0.15, 0.2) is 0 Å². The number of benzene rings is 1. The van der Waals surface area contributed by atoms with E-state index in [0.717, 1.165) is 30.6 Å². The van der Waals surface area contributed by atoms with Crippen molar-refractivity contribution in [2.45, 2.75) is 25.8 Å². The van der Waals surface area contributed by atoms with Gasteiger partial charge in [-0.2, -0.15) is 0 Å². The number of nitrogens with zero attached hydrogens (tertiary/aromatic N) is 1. The van der Waals surface area contributed by atoms with Crippen molar-refractivity contribution < 1.29 is 4.39 Å². The Kier molecular flexibility index (Phi) is 5.50. The van der Waals surface area contributed by atoms with E-state index in [-0.39, 0.29) is 16.9 Å². The molecule has 2 rings (SSSR count). The minimum Gasteiger partial charge on any atom is -0.308 e. The normalized spacial score (nSPS) is 12.3. The second kappa shape index (κ2) is 7.36. The highest BCUT2D eigenvalue weighted by Gasteiger charge is 2.13. The van der Waals surface area contributed by atoms with E-state index < -0.39 is 0 Å². The second-order valence-corrected chi connectivity index (χ2v) is 5.12. The van der Waals surface area contributed by atoms with Crippen LogP contribution in [0.25, 0.3) is 0 Å². The smallest absolute Gasteiger partial charge is 0.141 e. The Morgan fingerprint density at radius 2 is 2.15 bits per heavy atom. The maximum atomic E-state index is 13.2. The number of rotatable bonds is 6. The van der Waals surface area contributed by atoms with Crippen molar-refractivity contribution in [3.8, 4) is 0 Å². The fourth-order valence-electron chi connectivity index (χ4n) is 2.08. The van der Waals surface area contributed by atoms with Gasteiger partial charge >= 0.3 is 0 Å². The summed E-state index contributed by atoms with van der Waals surface area (Å²) in [7, 11) is 0.